The van der Waals surface area contributed by atoms with Crippen LogP contribution in [0.25, 0.3) is 0 Å². The van der Waals surface area contributed by atoms with Crippen LogP contribution < -0.4 is 0 Å². The van der Waals surface area contributed by atoms with Crippen LogP contribution >= 0.6 is 0 Å². The maximum atomic E-state index is 12.4. The van der Waals surface area contributed by atoms with Gasteiger partial charge in [0, 0.05) is 19.5 Å². The Hall–Kier alpha value is -1.92. The van der Waals surface area contributed by atoms with E-state index in [1.165, 1.54) is 0 Å². The Morgan fingerprint density at radius 1 is 1.14 bits per heavy atom. The summed E-state index contributed by atoms with van der Waals surface area (Å²) < 4.78 is 0. The minimum atomic E-state index is -0.457. The number of rotatable bonds is 2. The van der Waals surface area contributed by atoms with Crippen LogP contribution in [0.15, 0.2) is 5.16 Å². The molecule has 1 aliphatic carbocycles. The minimum absolute atomic E-state index is 0.143. The quantitative estimate of drug-likeness (QED) is 0.460. The van der Waals surface area contributed by atoms with Gasteiger partial charge >= 0.3 is 0 Å². The molecule has 22 heavy (non-hydrogen) atoms. The monoisotopic (exact) mass is 307 g/mol. The summed E-state index contributed by atoms with van der Waals surface area (Å²) >= 11 is 0. The van der Waals surface area contributed by atoms with Gasteiger partial charge in [-0.05, 0) is 32.1 Å². The van der Waals surface area contributed by atoms with Crippen molar-refractivity contribution >= 4 is 23.4 Å². The van der Waals surface area contributed by atoms with E-state index in [0.717, 1.165) is 24.2 Å². The fourth-order valence-electron chi connectivity index (χ4n) is 3.71. The molecule has 7 heteroatoms. The predicted molar refractivity (Wildman–Crippen MR) is 77.2 cm³/mol. The van der Waals surface area contributed by atoms with E-state index in [9.17, 15) is 14.4 Å². The third-order valence-corrected chi connectivity index (χ3v) is 5.00. The molecule has 2 aliphatic heterocycles. The Morgan fingerprint density at radius 2 is 1.82 bits per heavy atom. The summed E-state index contributed by atoms with van der Waals surface area (Å²) in [5, 5.41) is 12.0. The topological polar surface area (TPSA) is 90.3 Å². The van der Waals surface area contributed by atoms with Gasteiger partial charge in [0.05, 0.1) is 17.5 Å². The smallest absolute Gasteiger partial charge is 0.242 e. The van der Waals surface area contributed by atoms with Gasteiger partial charge in [0.15, 0.2) is 0 Å². The zero-order valence-corrected chi connectivity index (χ0v) is 12.5. The lowest BCUT2D eigenvalue weighted by Crippen LogP contribution is -2.44. The predicted octanol–water partition coefficient (Wildman–Crippen LogP) is 0.614. The maximum Gasteiger partial charge on any atom is 0.242 e. The van der Waals surface area contributed by atoms with Crippen molar-refractivity contribution in [3.63, 3.8) is 0 Å². The van der Waals surface area contributed by atoms with Crippen LogP contribution in [0, 0.1) is 11.8 Å². The number of hydrogen-bond donors (Lipinski definition) is 1. The Balaban J connectivity index is 1.68. The lowest BCUT2D eigenvalue weighted by atomic mass is 9.80. The minimum Gasteiger partial charge on any atom is -0.411 e. The fraction of sp³-hybridized carbons (Fsp3) is 0.733. The molecule has 3 fully saturated rings. The largest absolute Gasteiger partial charge is 0.411 e. The maximum absolute atomic E-state index is 12.4. The second-order valence-electron chi connectivity index (χ2n) is 6.33. The first-order valence-corrected chi connectivity index (χ1v) is 7.94. The van der Waals surface area contributed by atoms with E-state index in [-0.39, 0.29) is 30.2 Å². The SMILES string of the molecule is O=C(CN1C(=O)C2CCC(=NO)CC2C1=O)N1CCCCC1. The van der Waals surface area contributed by atoms with Gasteiger partial charge in [0.2, 0.25) is 17.7 Å². The van der Waals surface area contributed by atoms with Gasteiger partial charge in [0.25, 0.3) is 0 Å². The lowest BCUT2D eigenvalue weighted by molar-refractivity contribution is -0.146. The van der Waals surface area contributed by atoms with Gasteiger partial charge in [0.1, 0.15) is 6.54 Å². The Kier molecular flexibility index (Phi) is 4.13. The van der Waals surface area contributed by atoms with Crippen molar-refractivity contribution in [3.05, 3.63) is 0 Å². The van der Waals surface area contributed by atoms with E-state index in [2.05, 4.69) is 5.16 Å². The van der Waals surface area contributed by atoms with Gasteiger partial charge in [-0.3, -0.25) is 19.3 Å². The van der Waals surface area contributed by atoms with Crippen LogP contribution in [0.2, 0.25) is 0 Å². The first kappa shape index (κ1) is 15.0. The summed E-state index contributed by atoms with van der Waals surface area (Å²) in [6.07, 6.45) is 4.46. The number of imide groups is 1. The van der Waals surface area contributed by atoms with Crippen LogP contribution in [-0.4, -0.2) is 58.1 Å². The van der Waals surface area contributed by atoms with Crippen LogP contribution in [-0.2, 0) is 14.4 Å². The molecule has 0 bridgehead atoms. The average molecular weight is 307 g/mol. The van der Waals surface area contributed by atoms with Crippen LogP contribution in [0.4, 0.5) is 0 Å². The second kappa shape index (κ2) is 6.06. The van der Waals surface area contributed by atoms with Crippen molar-refractivity contribution in [2.75, 3.05) is 19.6 Å². The highest BCUT2D eigenvalue weighted by molar-refractivity contribution is 6.09. The molecule has 120 valence electrons. The van der Waals surface area contributed by atoms with Crippen molar-refractivity contribution in [1.82, 2.24) is 9.80 Å². The third-order valence-electron chi connectivity index (χ3n) is 5.00. The summed E-state index contributed by atoms with van der Waals surface area (Å²) in [5.41, 5.74) is 0.562. The number of fused-ring (bicyclic) bond motifs is 1. The molecule has 0 spiro atoms. The molecule has 3 aliphatic rings. The molecule has 7 nitrogen and oxygen atoms in total. The molecule has 2 atom stereocenters. The van der Waals surface area contributed by atoms with E-state index in [0.29, 0.717) is 38.1 Å². The normalized spacial score (nSPS) is 30.8. The van der Waals surface area contributed by atoms with Crippen molar-refractivity contribution in [3.8, 4) is 0 Å². The highest BCUT2D eigenvalue weighted by atomic mass is 16.4. The van der Waals surface area contributed by atoms with Crippen molar-refractivity contribution < 1.29 is 19.6 Å². The first-order valence-electron chi connectivity index (χ1n) is 7.94. The zero-order chi connectivity index (χ0) is 15.7. The standard InChI is InChI=1S/C15H21N3O4/c19-13(17-6-2-1-3-7-17)9-18-14(20)11-5-4-10(16-22)8-12(11)15(18)21/h11-12,22H,1-9H2. The number of carbonyl (C=O) groups is 3. The van der Waals surface area contributed by atoms with Crippen LogP contribution in [0.5, 0.6) is 0 Å². The average Bonchev–Trinajstić information content (AvgIpc) is 2.80. The molecule has 0 aromatic carbocycles. The van der Waals surface area contributed by atoms with Gasteiger partial charge in [-0.1, -0.05) is 5.16 Å². The van der Waals surface area contributed by atoms with E-state index in [1.807, 2.05) is 0 Å². The van der Waals surface area contributed by atoms with E-state index in [4.69, 9.17) is 5.21 Å². The number of nitrogens with zero attached hydrogens (tertiary/aromatic N) is 3. The summed E-state index contributed by atoms with van der Waals surface area (Å²) in [4.78, 5) is 40.0. The molecule has 0 radical (unpaired) electrons. The Labute approximate surface area is 128 Å². The second-order valence-corrected chi connectivity index (χ2v) is 6.33. The molecular formula is C15H21N3O4. The van der Waals surface area contributed by atoms with E-state index < -0.39 is 5.92 Å². The lowest BCUT2D eigenvalue weighted by Gasteiger charge is -2.28. The molecule has 0 aromatic heterocycles. The molecule has 0 aromatic rings. The molecule has 2 heterocycles. The van der Waals surface area contributed by atoms with E-state index >= 15 is 0 Å². The van der Waals surface area contributed by atoms with Gasteiger partial charge in [-0.25, -0.2) is 0 Å². The summed E-state index contributed by atoms with van der Waals surface area (Å²) in [6.45, 7) is 1.28. The number of carbonyl (C=O) groups excluding carboxylic acids is 3. The summed E-state index contributed by atoms with van der Waals surface area (Å²) in [5.74, 6) is -1.48. The molecule has 1 saturated carbocycles. The van der Waals surface area contributed by atoms with Crippen molar-refractivity contribution in [1.29, 1.82) is 0 Å². The molecule has 3 amide bonds. The highest BCUT2D eigenvalue weighted by Crippen LogP contribution is 2.37. The van der Waals surface area contributed by atoms with Crippen LogP contribution in [0.1, 0.15) is 38.5 Å². The molecule has 3 rings (SSSR count). The first-order chi connectivity index (χ1) is 10.6. The molecule has 2 saturated heterocycles. The van der Waals surface area contributed by atoms with Crippen molar-refractivity contribution in [2.45, 2.75) is 38.5 Å². The van der Waals surface area contributed by atoms with Crippen LogP contribution in [0.3, 0.4) is 0 Å². The van der Waals surface area contributed by atoms with Gasteiger partial charge < -0.3 is 10.1 Å². The highest BCUT2D eigenvalue weighted by Gasteiger charge is 2.50. The fourth-order valence-corrected chi connectivity index (χ4v) is 3.71. The Bertz CT molecular complexity index is 525. The molecular weight excluding hydrogens is 286 g/mol. The number of hydrogen-bond acceptors (Lipinski definition) is 5. The van der Waals surface area contributed by atoms with Gasteiger partial charge in [-0.2, -0.15) is 0 Å². The van der Waals surface area contributed by atoms with Gasteiger partial charge in [-0.15, -0.1) is 0 Å². The molecule has 1 N–H and O–H groups in total. The Morgan fingerprint density at radius 3 is 2.50 bits per heavy atom. The zero-order valence-electron chi connectivity index (χ0n) is 12.5. The number of piperidine rings is 1. The third kappa shape index (κ3) is 2.60. The summed E-state index contributed by atoms with van der Waals surface area (Å²) in [7, 11) is 0. The molecule has 2 unspecified atom stereocenters. The van der Waals surface area contributed by atoms with E-state index in [1.54, 1.807) is 4.90 Å². The number of amides is 3. The number of likely N-dealkylation sites (tertiary alicyclic amines) is 2. The number of oxime groups is 1. The summed E-state index contributed by atoms with van der Waals surface area (Å²) in [6, 6.07) is 0. The van der Waals surface area contributed by atoms with Crippen molar-refractivity contribution in [2.24, 2.45) is 17.0 Å².